The quantitative estimate of drug-likeness (QED) is 0.753. The number of ether oxygens (including phenoxy) is 1. The number of unbranched alkanes of at least 4 members (excludes halogenated alkanes) is 1. The van der Waals surface area contributed by atoms with Crippen LogP contribution >= 0.6 is 0 Å². The minimum absolute atomic E-state index is 0.914. The van der Waals surface area contributed by atoms with Gasteiger partial charge in [-0.25, -0.2) is 0 Å². The van der Waals surface area contributed by atoms with Gasteiger partial charge in [0.25, 0.3) is 0 Å². The molecule has 1 saturated heterocycles. The van der Waals surface area contributed by atoms with Crippen molar-refractivity contribution in [2.45, 2.75) is 38.6 Å². The molecule has 0 radical (unpaired) electrons. The molecular formula is C15H24N2O. The summed E-state index contributed by atoms with van der Waals surface area (Å²) in [7, 11) is 0. The van der Waals surface area contributed by atoms with Crippen molar-refractivity contribution in [2.75, 3.05) is 19.8 Å². The lowest BCUT2D eigenvalue weighted by atomic mass is 9.94. The van der Waals surface area contributed by atoms with Gasteiger partial charge in [-0.15, -0.1) is 0 Å². The Balaban J connectivity index is 1.46. The van der Waals surface area contributed by atoms with E-state index in [0.717, 1.165) is 32.2 Å². The lowest BCUT2D eigenvalue weighted by Crippen LogP contribution is -2.17. The third-order valence-electron chi connectivity index (χ3n) is 3.61. The predicted molar refractivity (Wildman–Crippen MR) is 73.3 cm³/mol. The van der Waals surface area contributed by atoms with E-state index in [1.807, 2.05) is 18.5 Å². The Hall–Kier alpha value is -0.930. The second-order valence-electron chi connectivity index (χ2n) is 5.09. The first-order valence-corrected chi connectivity index (χ1v) is 7.12. The standard InChI is InChI=1S/C15H24N2O/c1(4-14-6-10-18-11-7-14)2-8-16-12-15-5-3-9-17-13-15/h3,5,9,13-14,16H,1-2,4,6-8,10-12H2. The summed E-state index contributed by atoms with van der Waals surface area (Å²) in [6.45, 7) is 4.00. The van der Waals surface area contributed by atoms with Gasteiger partial charge >= 0.3 is 0 Å². The Labute approximate surface area is 110 Å². The van der Waals surface area contributed by atoms with E-state index in [1.54, 1.807) is 0 Å². The Kier molecular flexibility index (Phi) is 6.17. The molecule has 0 unspecified atom stereocenters. The van der Waals surface area contributed by atoms with Crippen LogP contribution in [0.5, 0.6) is 0 Å². The molecule has 0 saturated carbocycles. The maximum Gasteiger partial charge on any atom is 0.0468 e. The second-order valence-corrected chi connectivity index (χ2v) is 5.09. The molecule has 1 aromatic heterocycles. The topological polar surface area (TPSA) is 34.2 Å². The second kappa shape index (κ2) is 8.22. The van der Waals surface area contributed by atoms with E-state index in [1.165, 1.54) is 37.7 Å². The molecule has 2 heterocycles. The molecule has 0 atom stereocenters. The molecule has 0 amide bonds. The van der Waals surface area contributed by atoms with Crippen LogP contribution in [0, 0.1) is 5.92 Å². The molecule has 0 bridgehead atoms. The lowest BCUT2D eigenvalue weighted by molar-refractivity contribution is 0.0631. The maximum absolute atomic E-state index is 5.38. The van der Waals surface area contributed by atoms with Gasteiger partial charge in [0.2, 0.25) is 0 Å². The van der Waals surface area contributed by atoms with Gasteiger partial charge in [-0.1, -0.05) is 18.9 Å². The summed E-state index contributed by atoms with van der Waals surface area (Å²) >= 11 is 0. The number of aromatic nitrogens is 1. The van der Waals surface area contributed by atoms with Crippen molar-refractivity contribution < 1.29 is 4.74 Å². The molecule has 1 aromatic rings. The Morgan fingerprint density at radius 3 is 2.94 bits per heavy atom. The molecule has 0 spiro atoms. The number of hydrogen-bond donors (Lipinski definition) is 1. The van der Waals surface area contributed by atoms with E-state index in [0.29, 0.717) is 0 Å². The Bertz CT molecular complexity index is 310. The lowest BCUT2D eigenvalue weighted by Gasteiger charge is -2.21. The van der Waals surface area contributed by atoms with E-state index in [-0.39, 0.29) is 0 Å². The van der Waals surface area contributed by atoms with Crippen molar-refractivity contribution in [3.8, 4) is 0 Å². The monoisotopic (exact) mass is 248 g/mol. The van der Waals surface area contributed by atoms with E-state index >= 15 is 0 Å². The SMILES string of the molecule is c1cncc(CNCCCCC2CCOCC2)c1. The Morgan fingerprint density at radius 2 is 2.17 bits per heavy atom. The van der Waals surface area contributed by atoms with Crippen LogP contribution in [0.2, 0.25) is 0 Å². The molecule has 2 rings (SSSR count). The first kappa shape index (κ1) is 13.5. The van der Waals surface area contributed by atoms with Crippen molar-refractivity contribution in [3.05, 3.63) is 30.1 Å². The summed E-state index contributed by atoms with van der Waals surface area (Å²) in [6, 6.07) is 4.10. The van der Waals surface area contributed by atoms with Crippen LogP contribution in [0.4, 0.5) is 0 Å². The van der Waals surface area contributed by atoms with E-state index in [9.17, 15) is 0 Å². The molecule has 18 heavy (non-hydrogen) atoms. The van der Waals surface area contributed by atoms with Gasteiger partial charge in [-0.05, 0) is 43.4 Å². The van der Waals surface area contributed by atoms with E-state index in [4.69, 9.17) is 4.74 Å². The van der Waals surface area contributed by atoms with Crippen molar-refractivity contribution in [2.24, 2.45) is 5.92 Å². The first-order valence-electron chi connectivity index (χ1n) is 7.12. The highest BCUT2D eigenvalue weighted by molar-refractivity contribution is 5.07. The van der Waals surface area contributed by atoms with Crippen LogP contribution in [-0.2, 0) is 11.3 Å². The van der Waals surface area contributed by atoms with Gasteiger partial charge < -0.3 is 10.1 Å². The number of nitrogens with zero attached hydrogens (tertiary/aromatic N) is 1. The summed E-state index contributed by atoms with van der Waals surface area (Å²) in [4.78, 5) is 4.11. The maximum atomic E-state index is 5.38. The van der Waals surface area contributed by atoms with Crippen LogP contribution < -0.4 is 5.32 Å². The van der Waals surface area contributed by atoms with Crippen molar-refractivity contribution in [1.29, 1.82) is 0 Å². The average molecular weight is 248 g/mol. The minimum Gasteiger partial charge on any atom is -0.381 e. The highest BCUT2D eigenvalue weighted by Crippen LogP contribution is 2.20. The molecule has 100 valence electrons. The molecule has 0 aromatic carbocycles. The first-order chi connectivity index (χ1) is 8.95. The van der Waals surface area contributed by atoms with Crippen molar-refractivity contribution in [3.63, 3.8) is 0 Å². The third kappa shape index (κ3) is 5.15. The molecule has 1 aliphatic rings. The fraction of sp³-hybridized carbons (Fsp3) is 0.667. The predicted octanol–water partition coefficient (Wildman–Crippen LogP) is 2.77. The largest absolute Gasteiger partial charge is 0.381 e. The van der Waals surface area contributed by atoms with Gasteiger partial charge in [0.05, 0.1) is 0 Å². The average Bonchev–Trinajstić information content (AvgIpc) is 2.45. The number of pyridine rings is 1. The molecule has 0 aliphatic carbocycles. The van der Waals surface area contributed by atoms with Crippen molar-refractivity contribution >= 4 is 0 Å². The van der Waals surface area contributed by atoms with Crippen LogP contribution in [0.3, 0.4) is 0 Å². The van der Waals surface area contributed by atoms with Crippen LogP contribution in [0.1, 0.15) is 37.7 Å². The summed E-state index contributed by atoms with van der Waals surface area (Å²) in [6.07, 6.45) is 10.3. The molecule has 3 heteroatoms. The van der Waals surface area contributed by atoms with Crippen LogP contribution in [-0.4, -0.2) is 24.7 Å². The summed E-state index contributed by atoms with van der Waals surface area (Å²) in [5, 5.41) is 3.47. The summed E-state index contributed by atoms with van der Waals surface area (Å²) in [5.41, 5.74) is 1.27. The van der Waals surface area contributed by atoms with Gasteiger partial charge in [0.1, 0.15) is 0 Å². The van der Waals surface area contributed by atoms with Gasteiger partial charge in [-0.2, -0.15) is 0 Å². The van der Waals surface area contributed by atoms with E-state index in [2.05, 4.69) is 16.4 Å². The summed E-state index contributed by atoms with van der Waals surface area (Å²) in [5.74, 6) is 0.914. The summed E-state index contributed by atoms with van der Waals surface area (Å²) < 4.78 is 5.38. The molecular weight excluding hydrogens is 224 g/mol. The molecule has 3 nitrogen and oxygen atoms in total. The van der Waals surface area contributed by atoms with Crippen molar-refractivity contribution in [1.82, 2.24) is 10.3 Å². The number of rotatable bonds is 7. The molecule has 1 aliphatic heterocycles. The zero-order valence-electron chi connectivity index (χ0n) is 11.1. The van der Waals surface area contributed by atoms with Gasteiger partial charge in [0.15, 0.2) is 0 Å². The van der Waals surface area contributed by atoms with Gasteiger partial charge in [0, 0.05) is 32.2 Å². The van der Waals surface area contributed by atoms with Crippen LogP contribution in [0.15, 0.2) is 24.5 Å². The smallest absolute Gasteiger partial charge is 0.0468 e. The normalized spacial score (nSPS) is 16.9. The van der Waals surface area contributed by atoms with Crippen LogP contribution in [0.25, 0.3) is 0 Å². The fourth-order valence-electron chi connectivity index (χ4n) is 2.45. The fourth-order valence-corrected chi connectivity index (χ4v) is 2.45. The molecule has 1 N–H and O–H groups in total. The molecule has 1 fully saturated rings. The Morgan fingerprint density at radius 1 is 1.28 bits per heavy atom. The third-order valence-corrected chi connectivity index (χ3v) is 3.61. The minimum atomic E-state index is 0.914. The van der Waals surface area contributed by atoms with E-state index < -0.39 is 0 Å². The number of nitrogens with one attached hydrogen (secondary N) is 1. The van der Waals surface area contributed by atoms with Gasteiger partial charge in [-0.3, -0.25) is 4.98 Å². The highest BCUT2D eigenvalue weighted by Gasteiger charge is 2.12. The highest BCUT2D eigenvalue weighted by atomic mass is 16.5. The zero-order chi connectivity index (χ0) is 12.5. The number of hydrogen-bond acceptors (Lipinski definition) is 3. The zero-order valence-corrected chi connectivity index (χ0v) is 11.1.